The van der Waals surface area contributed by atoms with E-state index in [-0.39, 0.29) is 18.2 Å². The van der Waals surface area contributed by atoms with E-state index in [0.717, 1.165) is 28.2 Å². The number of benzene rings is 2. The van der Waals surface area contributed by atoms with Crippen LogP contribution in [0, 0.1) is 0 Å². The van der Waals surface area contributed by atoms with E-state index < -0.39 is 5.97 Å². The number of aromatic nitrogens is 1. The second-order valence-electron chi connectivity index (χ2n) is 6.92. The average Bonchev–Trinajstić information content (AvgIpc) is 3.26. The van der Waals surface area contributed by atoms with Gasteiger partial charge in [-0.1, -0.05) is 18.2 Å². The van der Waals surface area contributed by atoms with Crippen molar-refractivity contribution >= 4 is 28.9 Å². The smallest absolute Gasteiger partial charge is 0.328 e. The molecule has 0 fully saturated rings. The van der Waals surface area contributed by atoms with Crippen molar-refractivity contribution in [2.75, 3.05) is 21.3 Å². The van der Waals surface area contributed by atoms with Crippen LogP contribution in [-0.2, 0) is 4.79 Å². The Labute approximate surface area is 173 Å². The molecule has 0 amide bonds. The number of carboxylic acid groups (broad SMARTS) is 1. The predicted molar refractivity (Wildman–Crippen MR) is 112 cm³/mol. The number of methoxy groups -OCH3 is 3. The molecule has 30 heavy (non-hydrogen) atoms. The van der Waals surface area contributed by atoms with Crippen LogP contribution in [0.3, 0.4) is 0 Å². The first kappa shape index (κ1) is 19.6. The topological polar surface area (TPSA) is 87.0 Å². The molecule has 1 unspecified atom stereocenters. The lowest BCUT2D eigenvalue weighted by Crippen LogP contribution is -2.04. The van der Waals surface area contributed by atoms with Gasteiger partial charge in [0.15, 0.2) is 11.5 Å². The van der Waals surface area contributed by atoms with Crippen molar-refractivity contribution in [3.8, 4) is 17.2 Å². The molecule has 1 aliphatic rings. The van der Waals surface area contributed by atoms with Gasteiger partial charge < -0.3 is 19.3 Å². The van der Waals surface area contributed by atoms with E-state index >= 15 is 0 Å². The van der Waals surface area contributed by atoms with Crippen LogP contribution in [0.5, 0.6) is 17.2 Å². The minimum atomic E-state index is -1.05. The third kappa shape index (κ3) is 2.99. The maximum atomic E-state index is 13.0. The fourth-order valence-electron chi connectivity index (χ4n) is 4.17. The standard InChI is InChI=1S/C23H21NO6/c1-28-18-12-20(30-3)19(29-2)10-15(18)16-11-21(25)24-17-7-5-4-6-13(17)14(23(16)24)8-9-22(26)27/h4-10,12,16H,11H2,1-3H3,(H,26,27)/b9-8+. The summed E-state index contributed by atoms with van der Waals surface area (Å²) in [5.41, 5.74) is 2.98. The zero-order valence-electron chi connectivity index (χ0n) is 16.8. The fourth-order valence-corrected chi connectivity index (χ4v) is 4.17. The SMILES string of the molecule is COc1cc(OC)c(C2CC(=O)n3c2c(/C=C/C(=O)O)c2ccccc23)cc1OC. The summed E-state index contributed by atoms with van der Waals surface area (Å²) in [5.74, 6) is 0.180. The van der Waals surface area contributed by atoms with Crippen molar-refractivity contribution in [2.24, 2.45) is 0 Å². The molecule has 0 saturated carbocycles. The van der Waals surface area contributed by atoms with E-state index in [1.54, 1.807) is 38.0 Å². The first-order valence-corrected chi connectivity index (χ1v) is 9.37. The molecule has 0 bridgehead atoms. The van der Waals surface area contributed by atoms with Gasteiger partial charge in [0.05, 0.1) is 26.8 Å². The highest BCUT2D eigenvalue weighted by Gasteiger charge is 2.37. The molecule has 4 rings (SSSR count). The largest absolute Gasteiger partial charge is 0.496 e. The highest BCUT2D eigenvalue weighted by molar-refractivity contribution is 6.03. The Bertz CT molecular complexity index is 1190. The normalized spacial score (nSPS) is 15.6. The minimum Gasteiger partial charge on any atom is -0.496 e. The Hall–Kier alpha value is -3.74. The van der Waals surface area contributed by atoms with E-state index in [1.807, 2.05) is 30.3 Å². The highest BCUT2D eigenvalue weighted by atomic mass is 16.5. The number of nitrogens with zero attached hydrogens (tertiary/aromatic N) is 1. The maximum absolute atomic E-state index is 13.0. The van der Waals surface area contributed by atoms with Crippen LogP contribution in [0.15, 0.2) is 42.5 Å². The van der Waals surface area contributed by atoms with Crippen molar-refractivity contribution in [1.29, 1.82) is 0 Å². The van der Waals surface area contributed by atoms with E-state index in [1.165, 1.54) is 0 Å². The number of aliphatic carboxylic acids is 1. The monoisotopic (exact) mass is 407 g/mol. The van der Waals surface area contributed by atoms with Crippen molar-refractivity contribution < 1.29 is 28.9 Å². The van der Waals surface area contributed by atoms with Crippen LogP contribution in [0.1, 0.15) is 34.0 Å². The lowest BCUT2D eigenvalue weighted by atomic mass is 9.90. The second-order valence-corrected chi connectivity index (χ2v) is 6.92. The van der Waals surface area contributed by atoms with Gasteiger partial charge in [-0.25, -0.2) is 4.79 Å². The molecule has 7 nitrogen and oxygen atoms in total. The Morgan fingerprint density at radius 1 is 1.07 bits per heavy atom. The molecular weight excluding hydrogens is 386 g/mol. The van der Waals surface area contributed by atoms with Crippen molar-refractivity contribution in [3.63, 3.8) is 0 Å². The van der Waals surface area contributed by atoms with E-state index in [4.69, 9.17) is 19.3 Å². The third-order valence-electron chi connectivity index (χ3n) is 5.41. The molecule has 3 aromatic rings. The number of rotatable bonds is 6. The quantitative estimate of drug-likeness (QED) is 0.623. The van der Waals surface area contributed by atoms with Gasteiger partial charge >= 0.3 is 5.97 Å². The van der Waals surface area contributed by atoms with Gasteiger partial charge in [0.2, 0.25) is 5.91 Å². The molecule has 2 aromatic carbocycles. The average molecular weight is 407 g/mol. The lowest BCUT2D eigenvalue weighted by Gasteiger charge is -2.18. The molecule has 0 aliphatic carbocycles. The van der Waals surface area contributed by atoms with Crippen molar-refractivity contribution in [2.45, 2.75) is 12.3 Å². The Balaban J connectivity index is 2.00. The first-order chi connectivity index (χ1) is 14.5. The number of carbonyl (C=O) groups is 2. The Morgan fingerprint density at radius 2 is 1.73 bits per heavy atom. The zero-order valence-corrected chi connectivity index (χ0v) is 16.8. The summed E-state index contributed by atoms with van der Waals surface area (Å²) in [6.07, 6.45) is 2.88. The summed E-state index contributed by atoms with van der Waals surface area (Å²) in [4.78, 5) is 24.2. The van der Waals surface area contributed by atoms with Gasteiger partial charge in [0.25, 0.3) is 0 Å². The second kappa shape index (κ2) is 7.59. The lowest BCUT2D eigenvalue weighted by molar-refractivity contribution is -0.131. The number of carboxylic acids is 1. The van der Waals surface area contributed by atoms with Gasteiger partial charge in [-0.3, -0.25) is 9.36 Å². The van der Waals surface area contributed by atoms with Gasteiger partial charge in [0.1, 0.15) is 5.75 Å². The van der Waals surface area contributed by atoms with Gasteiger partial charge in [-0.2, -0.15) is 0 Å². The van der Waals surface area contributed by atoms with Crippen molar-refractivity contribution in [3.05, 3.63) is 59.3 Å². The molecule has 7 heteroatoms. The van der Waals surface area contributed by atoms with Gasteiger partial charge in [-0.05, 0) is 18.2 Å². The summed E-state index contributed by atoms with van der Waals surface area (Å²) in [7, 11) is 4.65. The molecular formula is C23H21NO6. The summed E-state index contributed by atoms with van der Waals surface area (Å²) >= 11 is 0. The summed E-state index contributed by atoms with van der Waals surface area (Å²) in [5, 5.41) is 9.99. The fraction of sp³-hybridized carbons (Fsp3) is 0.217. The van der Waals surface area contributed by atoms with Gasteiger partial charge in [-0.15, -0.1) is 0 Å². The Kier molecular flexibility index (Phi) is 4.95. The molecule has 1 atom stereocenters. The number of para-hydroxylation sites is 1. The molecule has 1 aliphatic heterocycles. The van der Waals surface area contributed by atoms with Crippen LogP contribution in [0.2, 0.25) is 0 Å². The van der Waals surface area contributed by atoms with E-state index in [0.29, 0.717) is 22.8 Å². The number of fused-ring (bicyclic) bond motifs is 3. The van der Waals surface area contributed by atoms with Crippen LogP contribution in [-0.4, -0.2) is 42.9 Å². The number of hydrogen-bond acceptors (Lipinski definition) is 5. The molecule has 1 N–H and O–H groups in total. The first-order valence-electron chi connectivity index (χ1n) is 9.37. The molecule has 0 saturated heterocycles. The minimum absolute atomic E-state index is 0.0574. The number of carbonyl (C=O) groups excluding carboxylic acids is 1. The molecule has 1 aromatic heterocycles. The summed E-state index contributed by atoms with van der Waals surface area (Å²) in [6, 6.07) is 11.0. The zero-order chi connectivity index (χ0) is 21.4. The van der Waals surface area contributed by atoms with E-state index in [2.05, 4.69) is 0 Å². The predicted octanol–water partition coefficient (Wildman–Crippen LogP) is 3.94. The Morgan fingerprint density at radius 3 is 2.40 bits per heavy atom. The maximum Gasteiger partial charge on any atom is 0.328 e. The number of hydrogen-bond donors (Lipinski definition) is 1. The van der Waals surface area contributed by atoms with E-state index in [9.17, 15) is 9.59 Å². The van der Waals surface area contributed by atoms with Crippen LogP contribution in [0.4, 0.5) is 0 Å². The van der Waals surface area contributed by atoms with Crippen molar-refractivity contribution in [1.82, 2.24) is 4.57 Å². The molecule has 2 heterocycles. The molecule has 154 valence electrons. The molecule has 0 radical (unpaired) electrons. The van der Waals surface area contributed by atoms with Crippen LogP contribution >= 0.6 is 0 Å². The van der Waals surface area contributed by atoms with Gasteiger partial charge in [0, 0.05) is 46.7 Å². The summed E-state index contributed by atoms with van der Waals surface area (Å²) in [6.45, 7) is 0. The molecule has 0 spiro atoms. The van der Waals surface area contributed by atoms with Crippen LogP contribution < -0.4 is 14.2 Å². The van der Waals surface area contributed by atoms with Crippen LogP contribution in [0.25, 0.3) is 17.0 Å². The highest BCUT2D eigenvalue weighted by Crippen LogP contribution is 2.47. The number of ether oxygens (including phenoxy) is 3. The third-order valence-corrected chi connectivity index (χ3v) is 5.41. The summed E-state index contributed by atoms with van der Waals surface area (Å²) < 4.78 is 18.1.